The highest BCUT2D eigenvalue weighted by Crippen LogP contribution is 2.28. The molecule has 102 valence electrons. The largest absolute Gasteiger partial charge is 0.374 e. The van der Waals surface area contributed by atoms with Crippen molar-refractivity contribution in [2.75, 3.05) is 17.2 Å². The molecule has 0 fully saturated rings. The Hall–Kier alpha value is -2.14. The predicted molar refractivity (Wildman–Crippen MR) is 85.0 cm³/mol. The summed E-state index contributed by atoms with van der Waals surface area (Å²) in [6.07, 6.45) is 0. The molecule has 0 aliphatic heterocycles. The van der Waals surface area contributed by atoms with E-state index >= 15 is 0 Å². The summed E-state index contributed by atoms with van der Waals surface area (Å²) in [7, 11) is 0. The van der Waals surface area contributed by atoms with Crippen LogP contribution >= 0.6 is 11.3 Å². The Morgan fingerprint density at radius 3 is 2.65 bits per heavy atom. The average Bonchev–Trinajstić information content (AvgIpc) is 2.89. The van der Waals surface area contributed by atoms with Crippen molar-refractivity contribution in [1.29, 1.82) is 0 Å². The van der Waals surface area contributed by atoms with Crippen molar-refractivity contribution in [3.63, 3.8) is 0 Å². The molecule has 0 atom stereocenters. The van der Waals surface area contributed by atoms with Crippen LogP contribution in [0.5, 0.6) is 0 Å². The lowest BCUT2D eigenvalue weighted by Crippen LogP contribution is -2.22. The maximum atomic E-state index is 5.65. The Bertz CT molecular complexity index is 717. The van der Waals surface area contributed by atoms with E-state index in [0.29, 0.717) is 5.13 Å². The van der Waals surface area contributed by atoms with Gasteiger partial charge in [0.1, 0.15) is 5.01 Å². The van der Waals surface area contributed by atoms with Crippen molar-refractivity contribution in [2.24, 2.45) is 0 Å². The summed E-state index contributed by atoms with van der Waals surface area (Å²) < 4.78 is 0. The minimum Gasteiger partial charge on any atom is -0.374 e. The lowest BCUT2D eigenvalue weighted by Gasteiger charge is -2.23. The zero-order chi connectivity index (χ0) is 13.9. The van der Waals surface area contributed by atoms with E-state index in [9.17, 15) is 0 Å². The molecule has 0 radical (unpaired) electrons. The summed E-state index contributed by atoms with van der Waals surface area (Å²) in [5, 5.41) is 12.0. The molecule has 0 saturated heterocycles. The molecule has 20 heavy (non-hydrogen) atoms. The van der Waals surface area contributed by atoms with E-state index in [4.69, 9.17) is 5.73 Å². The van der Waals surface area contributed by atoms with Gasteiger partial charge in [0.25, 0.3) is 0 Å². The second kappa shape index (κ2) is 5.46. The van der Waals surface area contributed by atoms with Gasteiger partial charge >= 0.3 is 0 Å². The zero-order valence-electron chi connectivity index (χ0n) is 11.3. The maximum Gasteiger partial charge on any atom is 0.203 e. The molecule has 0 aliphatic rings. The third-order valence-electron chi connectivity index (χ3n) is 3.30. The summed E-state index contributed by atoms with van der Waals surface area (Å²) >= 11 is 1.45. The van der Waals surface area contributed by atoms with Gasteiger partial charge in [-0.1, -0.05) is 47.7 Å². The van der Waals surface area contributed by atoms with Gasteiger partial charge in [-0.05, 0) is 18.4 Å². The molecule has 0 bridgehead atoms. The number of nitrogens with zero attached hydrogens (tertiary/aromatic N) is 3. The summed E-state index contributed by atoms with van der Waals surface area (Å²) in [4.78, 5) is 2.29. The van der Waals surface area contributed by atoms with Crippen LogP contribution in [0.4, 0.5) is 10.8 Å². The van der Waals surface area contributed by atoms with E-state index in [0.717, 1.165) is 18.1 Å². The van der Waals surface area contributed by atoms with Crippen molar-refractivity contribution < 1.29 is 0 Å². The second-order valence-corrected chi connectivity index (χ2v) is 5.64. The van der Waals surface area contributed by atoms with Crippen LogP contribution in [-0.4, -0.2) is 16.7 Å². The van der Waals surface area contributed by atoms with E-state index in [1.807, 2.05) is 0 Å². The van der Waals surface area contributed by atoms with Crippen LogP contribution in [0.25, 0.3) is 10.8 Å². The highest BCUT2D eigenvalue weighted by Gasteiger charge is 2.11. The van der Waals surface area contributed by atoms with Gasteiger partial charge in [0.15, 0.2) is 0 Å². The number of fused-ring (bicyclic) bond motifs is 1. The molecule has 2 N–H and O–H groups in total. The maximum absolute atomic E-state index is 5.65. The smallest absolute Gasteiger partial charge is 0.203 e. The van der Waals surface area contributed by atoms with Gasteiger partial charge in [-0.25, -0.2) is 0 Å². The fourth-order valence-corrected chi connectivity index (χ4v) is 2.97. The third kappa shape index (κ3) is 2.44. The first-order valence-electron chi connectivity index (χ1n) is 6.58. The number of hydrogen-bond acceptors (Lipinski definition) is 5. The molecule has 3 aromatic rings. The number of benzene rings is 2. The summed E-state index contributed by atoms with van der Waals surface area (Å²) in [5.41, 5.74) is 6.87. The van der Waals surface area contributed by atoms with Crippen LogP contribution in [0.3, 0.4) is 0 Å². The van der Waals surface area contributed by atoms with Crippen molar-refractivity contribution in [1.82, 2.24) is 10.2 Å². The number of anilines is 2. The molecule has 2 aromatic carbocycles. The normalized spacial score (nSPS) is 10.8. The van der Waals surface area contributed by atoms with Gasteiger partial charge in [-0.2, -0.15) is 0 Å². The lowest BCUT2D eigenvalue weighted by atomic mass is 10.1. The number of rotatable bonds is 4. The summed E-state index contributed by atoms with van der Waals surface area (Å²) in [6, 6.07) is 14.8. The number of hydrogen-bond donors (Lipinski definition) is 1. The fraction of sp³-hybridized carbons (Fsp3) is 0.200. The number of nitrogens with two attached hydrogens (primary N) is 1. The molecule has 4 nitrogen and oxygen atoms in total. The van der Waals surface area contributed by atoms with E-state index in [-0.39, 0.29) is 0 Å². The topological polar surface area (TPSA) is 55.0 Å². The predicted octanol–water partition coefficient (Wildman–Crippen LogP) is 3.30. The second-order valence-electron chi connectivity index (χ2n) is 4.55. The minimum atomic E-state index is 0.522. The van der Waals surface area contributed by atoms with E-state index in [1.54, 1.807) is 0 Å². The van der Waals surface area contributed by atoms with Gasteiger partial charge < -0.3 is 10.6 Å². The van der Waals surface area contributed by atoms with Crippen molar-refractivity contribution in [2.45, 2.75) is 13.5 Å². The van der Waals surface area contributed by atoms with Crippen LogP contribution in [-0.2, 0) is 6.54 Å². The van der Waals surface area contributed by atoms with Gasteiger partial charge in [-0.15, -0.1) is 10.2 Å². The Morgan fingerprint density at radius 2 is 1.90 bits per heavy atom. The lowest BCUT2D eigenvalue weighted by molar-refractivity contribution is 0.815. The molecule has 0 saturated carbocycles. The van der Waals surface area contributed by atoms with Crippen molar-refractivity contribution >= 4 is 32.9 Å². The summed E-state index contributed by atoms with van der Waals surface area (Å²) in [6.45, 7) is 3.79. The first kappa shape index (κ1) is 12.9. The van der Waals surface area contributed by atoms with Crippen molar-refractivity contribution in [3.05, 3.63) is 47.5 Å². The Labute approximate surface area is 121 Å². The van der Waals surface area contributed by atoms with Gasteiger partial charge in [0.05, 0.1) is 6.54 Å². The van der Waals surface area contributed by atoms with Crippen LogP contribution in [0.1, 0.15) is 11.9 Å². The van der Waals surface area contributed by atoms with Gasteiger partial charge in [-0.3, -0.25) is 0 Å². The average molecular weight is 284 g/mol. The Balaban J connectivity index is 1.98. The molecule has 1 aromatic heterocycles. The van der Waals surface area contributed by atoms with Crippen LogP contribution in [0.15, 0.2) is 42.5 Å². The molecule has 0 amide bonds. The molecule has 3 rings (SSSR count). The monoisotopic (exact) mass is 284 g/mol. The molecule has 5 heteroatoms. The van der Waals surface area contributed by atoms with E-state index in [1.165, 1.54) is 27.8 Å². The van der Waals surface area contributed by atoms with Gasteiger partial charge in [0, 0.05) is 17.6 Å². The molecule has 0 spiro atoms. The Kier molecular flexibility index (Phi) is 3.52. The first-order valence-corrected chi connectivity index (χ1v) is 7.40. The van der Waals surface area contributed by atoms with Crippen LogP contribution in [0, 0.1) is 0 Å². The molecule has 0 unspecified atom stereocenters. The first-order chi connectivity index (χ1) is 9.78. The molecule has 1 heterocycles. The van der Waals surface area contributed by atoms with E-state index in [2.05, 4.69) is 64.5 Å². The quantitative estimate of drug-likeness (QED) is 0.798. The van der Waals surface area contributed by atoms with Crippen LogP contribution < -0.4 is 10.6 Å². The van der Waals surface area contributed by atoms with Crippen molar-refractivity contribution in [3.8, 4) is 0 Å². The summed E-state index contributed by atoms with van der Waals surface area (Å²) in [5.74, 6) is 0. The van der Waals surface area contributed by atoms with Crippen LogP contribution in [0.2, 0.25) is 0 Å². The SMILES string of the molecule is CCN(Cc1nnc(N)s1)c1cccc2ccccc12. The molecular formula is C15H16N4S. The Morgan fingerprint density at radius 1 is 1.10 bits per heavy atom. The fourth-order valence-electron chi connectivity index (χ4n) is 2.35. The molecule has 0 aliphatic carbocycles. The number of aromatic nitrogens is 2. The zero-order valence-corrected chi connectivity index (χ0v) is 12.1. The third-order valence-corrected chi connectivity index (χ3v) is 4.03. The van der Waals surface area contributed by atoms with Gasteiger partial charge in [0.2, 0.25) is 5.13 Å². The standard InChI is InChI=1S/C15H16N4S/c1-2-19(10-14-17-18-15(16)20-14)13-9-5-7-11-6-3-4-8-12(11)13/h3-9H,2,10H2,1H3,(H2,16,18). The molecular weight excluding hydrogens is 268 g/mol. The van der Waals surface area contributed by atoms with E-state index < -0.39 is 0 Å². The number of nitrogen functional groups attached to an aromatic ring is 1. The highest BCUT2D eigenvalue weighted by molar-refractivity contribution is 7.15. The minimum absolute atomic E-state index is 0.522. The highest BCUT2D eigenvalue weighted by atomic mass is 32.1.